The number of amides is 1. The number of nitrogens with one attached hydrogen (secondary N) is 1. The predicted molar refractivity (Wildman–Crippen MR) is 49.1 cm³/mol. The zero-order chi connectivity index (χ0) is 8.97. The van der Waals surface area contributed by atoms with Crippen molar-refractivity contribution in [1.82, 2.24) is 5.32 Å². The molecule has 66 valence electrons. The third-order valence-electron chi connectivity index (χ3n) is 1.47. The Balaban J connectivity index is 2.49. The van der Waals surface area contributed by atoms with Gasteiger partial charge in [-0.1, -0.05) is 15.9 Å². The van der Waals surface area contributed by atoms with E-state index in [0.717, 1.165) is 5.76 Å². The quantitative estimate of drug-likeness (QED) is 0.808. The van der Waals surface area contributed by atoms with Crippen LogP contribution >= 0.6 is 15.9 Å². The van der Waals surface area contributed by atoms with E-state index >= 15 is 0 Å². The molecule has 3 nitrogen and oxygen atoms in total. The van der Waals surface area contributed by atoms with Crippen molar-refractivity contribution < 1.29 is 9.21 Å². The Kier molecular flexibility index (Phi) is 3.34. The van der Waals surface area contributed by atoms with Gasteiger partial charge in [0, 0.05) is 0 Å². The highest BCUT2D eigenvalue weighted by Crippen LogP contribution is 2.11. The Morgan fingerprint density at radius 1 is 1.83 bits per heavy atom. The van der Waals surface area contributed by atoms with Crippen LogP contribution in [0.1, 0.15) is 18.7 Å². The first kappa shape index (κ1) is 9.32. The molecule has 0 radical (unpaired) electrons. The maximum atomic E-state index is 10.9. The second kappa shape index (κ2) is 4.30. The number of furan rings is 1. The minimum absolute atomic E-state index is 0.0427. The van der Waals surface area contributed by atoms with Crippen molar-refractivity contribution in [2.45, 2.75) is 13.0 Å². The molecule has 1 heterocycles. The summed E-state index contributed by atoms with van der Waals surface area (Å²) in [5.74, 6) is 0.725. The van der Waals surface area contributed by atoms with Crippen LogP contribution in [0.15, 0.2) is 22.8 Å². The zero-order valence-corrected chi connectivity index (χ0v) is 8.30. The fourth-order valence-electron chi connectivity index (χ4n) is 0.889. The van der Waals surface area contributed by atoms with Crippen LogP contribution in [0.2, 0.25) is 0 Å². The monoisotopic (exact) mass is 231 g/mol. The van der Waals surface area contributed by atoms with Crippen molar-refractivity contribution in [3.8, 4) is 0 Å². The third-order valence-corrected chi connectivity index (χ3v) is 1.98. The molecule has 0 saturated heterocycles. The summed E-state index contributed by atoms with van der Waals surface area (Å²) >= 11 is 3.06. The van der Waals surface area contributed by atoms with Crippen LogP contribution in [0.25, 0.3) is 0 Å². The van der Waals surface area contributed by atoms with Crippen LogP contribution in [0.5, 0.6) is 0 Å². The van der Waals surface area contributed by atoms with Crippen LogP contribution in [-0.2, 0) is 4.79 Å². The van der Waals surface area contributed by atoms with Gasteiger partial charge in [0.15, 0.2) is 0 Å². The number of rotatable bonds is 3. The summed E-state index contributed by atoms with van der Waals surface area (Å²) < 4.78 is 5.11. The summed E-state index contributed by atoms with van der Waals surface area (Å²) in [6, 6.07) is 3.57. The van der Waals surface area contributed by atoms with Crippen LogP contribution in [-0.4, -0.2) is 11.2 Å². The standard InChI is InChI=1S/C8H10BrNO2/c1-6(10-8(11)5-9)7-3-2-4-12-7/h2-4,6H,5H2,1H3,(H,10,11)/t6-/m1/s1. The topological polar surface area (TPSA) is 42.2 Å². The minimum atomic E-state index is -0.0648. The van der Waals surface area contributed by atoms with Crippen molar-refractivity contribution in [2.24, 2.45) is 0 Å². The van der Waals surface area contributed by atoms with Crippen molar-refractivity contribution >= 4 is 21.8 Å². The van der Waals surface area contributed by atoms with Gasteiger partial charge in [0.25, 0.3) is 0 Å². The average Bonchev–Trinajstić information content (AvgIpc) is 2.56. The average molecular weight is 232 g/mol. The van der Waals surface area contributed by atoms with E-state index in [-0.39, 0.29) is 11.9 Å². The first-order valence-electron chi connectivity index (χ1n) is 3.62. The molecule has 0 aliphatic heterocycles. The molecule has 1 rings (SSSR count). The molecule has 0 unspecified atom stereocenters. The molecular formula is C8H10BrNO2. The summed E-state index contributed by atoms with van der Waals surface area (Å²) in [6.07, 6.45) is 1.59. The van der Waals surface area contributed by atoms with Gasteiger partial charge in [-0.3, -0.25) is 4.79 Å². The first-order chi connectivity index (χ1) is 5.74. The fraction of sp³-hybridized carbons (Fsp3) is 0.375. The summed E-state index contributed by atoms with van der Waals surface area (Å²) in [5.41, 5.74) is 0. The second-order valence-corrected chi connectivity index (χ2v) is 3.00. The van der Waals surface area contributed by atoms with Gasteiger partial charge in [-0.2, -0.15) is 0 Å². The number of halogens is 1. The molecule has 0 saturated carbocycles. The number of hydrogen-bond acceptors (Lipinski definition) is 2. The van der Waals surface area contributed by atoms with E-state index < -0.39 is 0 Å². The van der Waals surface area contributed by atoms with E-state index in [4.69, 9.17) is 4.42 Å². The van der Waals surface area contributed by atoms with Gasteiger partial charge in [-0.25, -0.2) is 0 Å². The molecule has 0 aliphatic carbocycles. The highest BCUT2D eigenvalue weighted by atomic mass is 79.9. The number of carbonyl (C=O) groups excluding carboxylic acids is 1. The Hall–Kier alpha value is -0.770. The second-order valence-electron chi connectivity index (χ2n) is 2.44. The highest BCUT2D eigenvalue weighted by Gasteiger charge is 2.09. The lowest BCUT2D eigenvalue weighted by atomic mass is 10.2. The predicted octanol–water partition coefficient (Wildman–Crippen LogP) is 1.85. The van der Waals surface area contributed by atoms with Crippen LogP contribution in [0, 0.1) is 0 Å². The van der Waals surface area contributed by atoms with Crippen LogP contribution in [0.3, 0.4) is 0 Å². The SMILES string of the molecule is C[C@@H](NC(=O)CBr)c1ccco1. The minimum Gasteiger partial charge on any atom is -0.467 e. The van der Waals surface area contributed by atoms with Crippen molar-refractivity contribution in [3.63, 3.8) is 0 Å². The Morgan fingerprint density at radius 3 is 3.08 bits per heavy atom. The van der Waals surface area contributed by atoms with E-state index in [2.05, 4.69) is 21.2 Å². The van der Waals surface area contributed by atoms with Gasteiger partial charge in [0.05, 0.1) is 17.6 Å². The van der Waals surface area contributed by atoms with Crippen molar-refractivity contribution in [2.75, 3.05) is 5.33 Å². The van der Waals surface area contributed by atoms with Gasteiger partial charge in [-0.15, -0.1) is 0 Å². The molecule has 12 heavy (non-hydrogen) atoms. The van der Waals surface area contributed by atoms with Gasteiger partial charge in [-0.05, 0) is 19.1 Å². The Labute approximate surface area is 79.3 Å². The van der Waals surface area contributed by atoms with Gasteiger partial charge < -0.3 is 9.73 Å². The van der Waals surface area contributed by atoms with E-state index in [1.165, 1.54) is 0 Å². The highest BCUT2D eigenvalue weighted by molar-refractivity contribution is 9.09. The normalized spacial score (nSPS) is 12.5. The number of hydrogen-bond donors (Lipinski definition) is 1. The molecule has 1 atom stereocenters. The molecule has 0 aliphatic rings. The molecule has 1 N–H and O–H groups in total. The van der Waals surface area contributed by atoms with E-state index in [0.29, 0.717) is 5.33 Å². The lowest BCUT2D eigenvalue weighted by molar-refractivity contribution is -0.119. The molecule has 1 aromatic heterocycles. The Morgan fingerprint density at radius 2 is 2.58 bits per heavy atom. The van der Waals surface area contributed by atoms with Gasteiger partial charge >= 0.3 is 0 Å². The summed E-state index contributed by atoms with van der Waals surface area (Å²) in [7, 11) is 0. The zero-order valence-electron chi connectivity index (χ0n) is 6.71. The lowest BCUT2D eigenvalue weighted by Crippen LogP contribution is -2.26. The van der Waals surface area contributed by atoms with Gasteiger partial charge in [0.1, 0.15) is 5.76 Å². The molecule has 1 amide bonds. The summed E-state index contributed by atoms with van der Waals surface area (Å²) in [6.45, 7) is 1.87. The number of carbonyl (C=O) groups is 1. The van der Waals surface area contributed by atoms with Crippen LogP contribution in [0.4, 0.5) is 0 Å². The molecule has 0 bridgehead atoms. The lowest BCUT2D eigenvalue weighted by Gasteiger charge is -2.09. The van der Waals surface area contributed by atoms with Crippen LogP contribution < -0.4 is 5.32 Å². The van der Waals surface area contributed by atoms with Crippen molar-refractivity contribution in [1.29, 1.82) is 0 Å². The van der Waals surface area contributed by atoms with E-state index in [1.54, 1.807) is 12.3 Å². The summed E-state index contributed by atoms with van der Waals surface area (Å²) in [4.78, 5) is 10.9. The third kappa shape index (κ3) is 2.37. The smallest absolute Gasteiger partial charge is 0.231 e. The van der Waals surface area contributed by atoms with Gasteiger partial charge in [0.2, 0.25) is 5.91 Å². The first-order valence-corrected chi connectivity index (χ1v) is 4.75. The number of alkyl halides is 1. The molecule has 4 heteroatoms. The molecule has 1 aromatic rings. The van der Waals surface area contributed by atoms with E-state index in [1.807, 2.05) is 13.0 Å². The molecule has 0 spiro atoms. The molecule has 0 aromatic carbocycles. The molecular weight excluding hydrogens is 222 g/mol. The largest absolute Gasteiger partial charge is 0.467 e. The molecule has 0 fully saturated rings. The fourth-order valence-corrected chi connectivity index (χ4v) is 1.05. The summed E-state index contributed by atoms with van der Waals surface area (Å²) in [5, 5.41) is 3.07. The Bertz CT molecular complexity index is 246. The van der Waals surface area contributed by atoms with Crippen molar-refractivity contribution in [3.05, 3.63) is 24.2 Å². The maximum Gasteiger partial charge on any atom is 0.231 e. The van der Waals surface area contributed by atoms with E-state index in [9.17, 15) is 4.79 Å². The maximum absolute atomic E-state index is 10.9.